The fraction of sp³-hybridized carbons (Fsp3) is 0.310. The molecule has 2 aliphatic rings. The number of benzene rings is 3. The van der Waals surface area contributed by atoms with Crippen LogP contribution in [0.25, 0.3) is 0 Å². The Labute approximate surface area is 217 Å². The van der Waals surface area contributed by atoms with Crippen LogP contribution in [-0.4, -0.2) is 48.6 Å². The van der Waals surface area contributed by atoms with Crippen LogP contribution in [0.1, 0.15) is 40.7 Å². The van der Waals surface area contributed by atoms with Crippen molar-refractivity contribution in [3.63, 3.8) is 0 Å². The summed E-state index contributed by atoms with van der Waals surface area (Å²) >= 11 is 0. The van der Waals surface area contributed by atoms with E-state index in [0.717, 1.165) is 17.7 Å². The predicted octanol–water partition coefficient (Wildman–Crippen LogP) is 4.18. The second kappa shape index (κ2) is 10.5. The molecule has 0 spiro atoms. The van der Waals surface area contributed by atoms with Gasteiger partial charge in [0.05, 0.1) is 11.4 Å². The Morgan fingerprint density at radius 1 is 1.00 bits per heavy atom. The fourth-order valence-electron chi connectivity index (χ4n) is 4.78. The van der Waals surface area contributed by atoms with Gasteiger partial charge in [0.25, 0.3) is 5.91 Å². The third-order valence-electron chi connectivity index (χ3n) is 7.18. The number of nitrogens with two attached hydrogens (primary N) is 2. The standard InChI is InChI=1S/C29H33N5O3/c1-19-17-33(23-12-10-22(11-13-23)28(35)32-27-5-3-2-4-25(27)30)14-15-34(19)29(36)37-18-20-6-8-21(9-7-20)24-16-26(24)31/h2-13,19,24,26H,14-18,30-31H2,1H3,(H,32,35). The molecular weight excluding hydrogens is 466 g/mol. The second-order valence-electron chi connectivity index (χ2n) is 9.88. The lowest BCUT2D eigenvalue weighted by molar-refractivity contribution is 0.0794. The van der Waals surface area contributed by atoms with Crippen LogP contribution in [0.4, 0.5) is 21.9 Å². The van der Waals surface area contributed by atoms with Gasteiger partial charge in [0.1, 0.15) is 6.61 Å². The minimum absolute atomic E-state index is 0.0102. The van der Waals surface area contributed by atoms with Gasteiger partial charge in [-0.2, -0.15) is 0 Å². The Kier molecular flexibility index (Phi) is 7.01. The number of hydrogen-bond donors (Lipinski definition) is 3. The van der Waals surface area contributed by atoms with E-state index in [9.17, 15) is 9.59 Å². The van der Waals surface area contributed by atoms with Crippen LogP contribution in [-0.2, 0) is 11.3 Å². The van der Waals surface area contributed by atoms with E-state index in [0.29, 0.717) is 42.5 Å². The minimum Gasteiger partial charge on any atom is -0.445 e. The molecule has 3 aromatic rings. The molecule has 0 bridgehead atoms. The highest BCUT2D eigenvalue weighted by atomic mass is 16.6. The van der Waals surface area contributed by atoms with Crippen LogP contribution >= 0.6 is 0 Å². The number of rotatable bonds is 6. The summed E-state index contributed by atoms with van der Waals surface area (Å²) in [7, 11) is 0. The minimum atomic E-state index is -0.298. The highest BCUT2D eigenvalue weighted by molar-refractivity contribution is 6.05. The molecule has 2 amide bonds. The van der Waals surface area contributed by atoms with Crippen LogP contribution in [0.5, 0.6) is 0 Å². The molecule has 5 N–H and O–H groups in total. The molecule has 1 saturated carbocycles. The molecule has 0 aromatic heterocycles. The molecule has 192 valence electrons. The van der Waals surface area contributed by atoms with E-state index < -0.39 is 0 Å². The number of nitrogen functional groups attached to an aromatic ring is 1. The first-order valence-electron chi connectivity index (χ1n) is 12.7. The van der Waals surface area contributed by atoms with Crippen LogP contribution in [0.15, 0.2) is 72.8 Å². The number of anilines is 3. The Morgan fingerprint density at radius 3 is 2.35 bits per heavy atom. The smallest absolute Gasteiger partial charge is 0.410 e. The number of piperazine rings is 1. The fourth-order valence-corrected chi connectivity index (χ4v) is 4.78. The molecule has 3 unspecified atom stereocenters. The third kappa shape index (κ3) is 5.70. The van der Waals surface area contributed by atoms with Gasteiger partial charge in [0.15, 0.2) is 0 Å². The summed E-state index contributed by atoms with van der Waals surface area (Å²) in [6.45, 7) is 4.20. The lowest BCUT2D eigenvalue weighted by atomic mass is 10.1. The van der Waals surface area contributed by atoms with E-state index in [1.807, 2.05) is 43.3 Å². The molecule has 1 aliphatic carbocycles. The van der Waals surface area contributed by atoms with Crippen molar-refractivity contribution in [1.82, 2.24) is 4.90 Å². The van der Waals surface area contributed by atoms with Crippen molar-refractivity contribution in [3.05, 3.63) is 89.5 Å². The van der Waals surface area contributed by atoms with Gasteiger partial charge >= 0.3 is 6.09 Å². The van der Waals surface area contributed by atoms with E-state index in [1.54, 1.807) is 29.2 Å². The van der Waals surface area contributed by atoms with Crippen molar-refractivity contribution in [3.8, 4) is 0 Å². The van der Waals surface area contributed by atoms with Crippen molar-refractivity contribution in [2.75, 3.05) is 35.6 Å². The average molecular weight is 500 g/mol. The Bertz CT molecular complexity index is 1260. The summed E-state index contributed by atoms with van der Waals surface area (Å²) in [5.74, 6) is 0.256. The van der Waals surface area contributed by atoms with E-state index in [1.165, 1.54) is 5.56 Å². The summed E-state index contributed by atoms with van der Waals surface area (Å²) in [6.07, 6.45) is 0.745. The van der Waals surface area contributed by atoms with Crippen molar-refractivity contribution in [2.24, 2.45) is 5.73 Å². The first kappa shape index (κ1) is 24.6. The quantitative estimate of drug-likeness (QED) is 0.439. The number of amides is 2. The molecule has 0 radical (unpaired) electrons. The molecule has 1 heterocycles. The maximum absolute atomic E-state index is 12.8. The number of para-hydroxylation sites is 2. The molecule has 8 nitrogen and oxygen atoms in total. The van der Waals surface area contributed by atoms with Crippen molar-refractivity contribution in [2.45, 2.75) is 38.0 Å². The number of nitrogens with one attached hydrogen (secondary N) is 1. The molecule has 37 heavy (non-hydrogen) atoms. The van der Waals surface area contributed by atoms with Crippen LogP contribution in [0, 0.1) is 0 Å². The second-order valence-corrected chi connectivity index (χ2v) is 9.88. The van der Waals surface area contributed by atoms with Crippen molar-refractivity contribution < 1.29 is 14.3 Å². The Hall–Kier alpha value is -4.04. The van der Waals surface area contributed by atoms with E-state index in [4.69, 9.17) is 16.2 Å². The monoisotopic (exact) mass is 499 g/mol. The number of nitrogens with zero attached hydrogens (tertiary/aromatic N) is 2. The lowest BCUT2D eigenvalue weighted by Crippen LogP contribution is -2.54. The Morgan fingerprint density at radius 2 is 1.70 bits per heavy atom. The highest BCUT2D eigenvalue weighted by Gasteiger charge is 2.34. The molecule has 5 rings (SSSR count). The van der Waals surface area contributed by atoms with E-state index in [-0.39, 0.29) is 30.7 Å². The summed E-state index contributed by atoms with van der Waals surface area (Å²) in [6, 6.07) is 23.1. The topological polar surface area (TPSA) is 114 Å². The summed E-state index contributed by atoms with van der Waals surface area (Å²) in [5.41, 5.74) is 16.7. The van der Waals surface area contributed by atoms with Crippen molar-refractivity contribution >= 4 is 29.1 Å². The molecule has 3 atom stereocenters. The van der Waals surface area contributed by atoms with E-state index in [2.05, 4.69) is 22.3 Å². The van der Waals surface area contributed by atoms with Gasteiger partial charge in [0, 0.05) is 48.9 Å². The normalized spacial score (nSPS) is 20.9. The molecular formula is C29H33N5O3. The number of carbonyl (C=O) groups is 2. The lowest BCUT2D eigenvalue weighted by Gasteiger charge is -2.40. The van der Waals surface area contributed by atoms with Gasteiger partial charge in [-0.3, -0.25) is 4.79 Å². The van der Waals surface area contributed by atoms with Gasteiger partial charge in [0.2, 0.25) is 0 Å². The maximum Gasteiger partial charge on any atom is 0.410 e. The number of carbonyl (C=O) groups excluding carboxylic acids is 2. The first-order chi connectivity index (χ1) is 17.9. The predicted molar refractivity (Wildman–Crippen MR) is 146 cm³/mol. The van der Waals surface area contributed by atoms with Crippen LogP contribution in [0.2, 0.25) is 0 Å². The van der Waals surface area contributed by atoms with Crippen LogP contribution in [0.3, 0.4) is 0 Å². The van der Waals surface area contributed by atoms with E-state index >= 15 is 0 Å². The molecule has 2 fully saturated rings. The summed E-state index contributed by atoms with van der Waals surface area (Å²) in [5, 5.41) is 2.85. The van der Waals surface area contributed by atoms with Crippen molar-refractivity contribution in [1.29, 1.82) is 0 Å². The zero-order valence-electron chi connectivity index (χ0n) is 21.0. The first-order valence-corrected chi connectivity index (χ1v) is 12.7. The number of ether oxygens (including phenoxy) is 1. The zero-order chi connectivity index (χ0) is 25.9. The summed E-state index contributed by atoms with van der Waals surface area (Å²) in [4.78, 5) is 29.4. The SMILES string of the molecule is CC1CN(c2ccc(C(=O)Nc3ccccc3N)cc2)CCN1C(=O)OCc1ccc(C2CC2N)cc1. The van der Waals surface area contributed by atoms with Gasteiger partial charge in [-0.15, -0.1) is 0 Å². The van der Waals surface area contributed by atoms with Gasteiger partial charge in [-0.05, 0) is 60.9 Å². The van der Waals surface area contributed by atoms with Gasteiger partial charge < -0.3 is 31.3 Å². The number of hydrogen-bond acceptors (Lipinski definition) is 6. The molecule has 1 saturated heterocycles. The summed E-state index contributed by atoms with van der Waals surface area (Å²) < 4.78 is 5.61. The van der Waals surface area contributed by atoms with Gasteiger partial charge in [-0.25, -0.2) is 4.79 Å². The average Bonchev–Trinajstić information content (AvgIpc) is 3.65. The highest BCUT2D eigenvalue weighted by Crippen LogP contribution is 2.38. The molecule has 8 heteroatoms. The maximum atomic E-state index is 12.8. The Balaban J connectivity index is 1.11. The van der Waals surface area contributed by atoms with Crippen LogP contribution < -0.4 is 21.7 Å². The largest absolute Gasteiger partial charge is 0.445 e. The zero-order valence-corrected chi connectivity index (χ0v) is 21.0. The van der Waals surface area contributed by atoms with Gasteiger partial charge in [-0.1, -0.05) is 36.4 Å². The molecule has 1 aliphatic heterocycles. The third-order valence-corrected chi connectivity index (χ3v) is 7.18. The molecule has 3 aromatic carbocycles.